The van der Waals surface area contributed by atoms with Crippen molar-refractivity contribution in [2.24, 2.45) is 0 Å². The van der Waals surface area contributed by atoms with Crippen LogP contribution in [-0.4, -0.2) is 41.0 Å². The summed E-state index contributed by atoms with van der Waals surface area (Å²) in [7, 11) is 0. The SMILES string of the molecule is Cc1ccc(C(=O)N2CCc3ccc(NC(=O)[C@H]4CCCO4)cc3C2)c(=O)[nH]1. The molecular formula is C21H23N3O4. The van der Waals surface area contributed by atoms with Crippen molar-refractivity contribution in [2.75, 3.05) is 18.5 Å². The minimum absolute atomic E-state index is 0.132. The molecule has 1 atom stereocenters. The molecule has 0 bridgehead atoms. The number of nitrogens with one attached hydrogen (secondary N) is 2. The fourth-order valence-electron chi connectivity index (χ4n) is 3.73. The van der Waals surface area contributed by atoms with Gasteiger partial charge in [-0.05, 0) is 61.6 Å². The monoisotopic (exact) mass is 381 g/mol. The van der Waals surface area contributed by atoms with E-state index >= 15 is 0 Å². The van der Waals surface area contributed by atoms with E-state index in [0.717, 1.165) is 29.7 Å². The minimum atomic E-state index is -0.387. The average Bonchev–Trinajstić information content (AvgIpc) is 3.22. The molecular weight excluding hydrogens is 358 g/mol. The van der Waals surface area contributed by atoms with Crippen LogP contribution in [0.5, 0.6) is 0 Å². The number of amides is 2. The Labute approximate surface area is 162 Å². The van der Waals surface area contributed by atoms with Crippen molar-refractivity contribution in [3.05, 3.63) is 63.1 Å². The van der Waals surface area contributed by atoms with Crippen molar-refractivity contribution in [3.8, 4) is 0 Å². The smallest absolute Gasteiger partial charge is 0.260 e. The molecule has 0 spiro atoms. The van der Waals surface area contributed by atoms with E-state index in [1.807, 2.05) is 18.2 Å². The van der Waals surface area contributed by atoms with E-state index < -0.39 is 0 Å². The van der Waals surface area contributed by atoms with Crippen LogP contribution < -0.4 is 10.9 Å². The molecule has 2 aliphatic heterocycles. The van der Waals surface area contributed by atoms with Crippen LogP contribution >= 0.6 is 0 Å². The normalized spacial score (nSPS) is 18.6. The van der Waals surface area contributed by atoms with Gasteiger partial charge in [0, 0.05) is 31.1 Å². The second-order valence-corrected chi connectivity index (χ2v) is 7.34. The minimum Gasteiger partial charge on any atom is -0.368 e. The molecule has 0 aliphatic carbocycles. The predicted octanol–water partition coefficient (Wildman–Crippen LogP) is 2.00. The summed E-state index contributed by atoms with van der Waals surface area (Å²) in [5, 5.41) is 2.90. The molecule has 28 heavy (non-hydrogen) atoms. The lowest BCUT2D eigenvalue weighted by atomic mass is 9.98. The van der Waals surface area contributed by atoms with Gasteiger partial charge in [-0.15, -0.1) is 0 Å². The Hall–Kier alpha value is -2.93. The van der Waals surface area contributed by atoms with Crippen molar-refractivity contribution in [1.82, 2.24) is 9.88 Å². The maximum atomic E-state index is 12.8. The highest BCUT2D eigenvalue weighted by Crippen LogP contribution is 2.24. The van der Waals surface area contributed by atoms with Gasteiger partial charge in [0.1, 0.15) is 11.7 Å². The van der Waals surface area contributed by atoms with Crippen molar-refractivity contribution in [1.29, 1.82) is 0 Å². The zero-order valence-electron chi connectivity index (χ0n) is 15.8. The molecule has 4 rings (SSSR count). The van der Waals surface area contributed by atoms with Gasteiger partial charge in [-0.1, -0.05) is 6.07 Å². The molecule has 2 aliphatic rings. The number of benzene rings is 1. The van der Waals surface area contributed by atoms with Crippen molar-refractivity contribution in [3.63, 3.8) is 0 Å². The number of anilines is 1. The van der Waals surface area contributed by atoms with Crippen molar-refractivity contribution in [2.45, 2.75) is 38.8 Å². The quantitative estimate of drug-likeness (QED) is 0.851. The molecule has 7 nitrogen and oxygen atoms in total. The largest absolute Gasteiger partial charge is 0.368 e. The third-order valence-electron chi connectivity index (χ3n) is 5.28. The maximum Gasteiger partial charge on any atom is 0.260 e. The zero-order chi connectivity index (χ0) is 19.7. The van der Waals surface area contributed by atoms with E-state index in [4.69, 9.17) is 4.74 Å². The first kappa shape index (κ1) is 18.4. The summed E-state index contributed by atoms with van der Waals surface area (Å²) in [5.41, 5.74) is 3.33. The molecule has 1 saturated heterocycles. The number of aromatic amines is 1. The first-order valence-corrected chi connectivity index (χ1v) is 9.55. The van der Waals surface area contributed by atoms with E-state index in [0.29, 0.717) is 31.8 Å². The van der Waals surface area contributed by atoms with Gasteiger partial charge in [-0.2, -0.15) is 0 Å². The number of carbonyl (C=O) groups is 2. The van der Waals surface area contributed by atoms with Crippen LogP contribution in [0, 0.1) is 6.92 Å². The molecule has 2 amide bonds. The van der Waals surface area contributed by atoms with Gasteiger partial charge < -0.3 is 19.9 Å². The highest BCUT2D eigenvalue weighted by atomic mass is 16.5. The van der Waals surface area contributed by atoms with Gasteiger partial charge in [0.05, 0.1) is 0 Å². The van der Waals surface area contributed by atoms with Gasteiger partial charge >= 0.3 is 0 Å². The molecule has 7 heteroatoms. The Bertz CT molecular complexity index is 976. The van der Waals surface area contributed by atoms with E-state index in [1.165, 1.54) is 0 Å². The summed E-state index contributed by atoms with van der Waals surface area (Å²) in [5.74, 6) is -0.409. The van der Waals surface area contributed by atoms with E-state index in [-0.39, 0.29) is 29.0 Å². The fourth-order valence-corrected chi connectivity index (χ4v) is 3.73. The molecule has 0 unspecified atom stereocenters. The molecule has 2 N–H and O–H groups in total. The number of carbonyl (C=O) groups excluding carboxylic acids is 2. The number of pyridine rings is 1. The number of ether oxygens (including phenoxy) is 1. The zero-order valence-corrected chi connectivity index (χ0v) is 15.8. The van der Waals surface area contributed by atoms with Crippen LogP contribution in [0.25, 0.3) is 0 Å². The first-order valence-electron chi connectivity index (χ1n) is 9.55. The number of H-pyrrole nitrogens is 1. The topological polar surface area (TPSA) is 91.5 Å². The van der Waals surface area contributed by atoms with Gasteiger partial charge in [-0.3, -0.25) is 14.4 Å². The Morgan fingerprint density at radius 2 is 2.07 bits per heavy atom. The number of fused-ring (bicyclic) bond motifs is 1. The molecule has 1 aromatic carbocycles. The lowest BCUT2D eigenvalue weighted by Gasteiger charge is -2.29. The summed E-state index contributed by atoms with van der Waals surface area (Å²) in [6.07, 6.45) is 1.97. The number of hydrogen-bond acceptors (Lipinski definition) is 4. The lowest BCUT2D eigenvalue weighted by molar-refractivity contribution is -0.124. The Morgan fingerprint density at radius 1 is 1.21 bits per heavy atom. The van der Waals surface area contributed by atoms with Crippen LogP contribution in [0.15, 0.2) is 35.1 Å². The van der Waals surface area contributed by atoms with Gasteiger partial charge in [0.25, 0.3) is 17.4 Å². The molecule has 2 aromatic rings. The van der Waals surface area contributed by atoms with Crippen LogP contribution in [0.2, 0.25) is 0 Å². The van der Waals surface area contributed by atoms with Crippen LogP contribution in [-0.2, 0) is 22.5 Å². The molecule has 3 heterocycles. The molecule has 0 saturated carbocycles. The number of hydrogen-bond donors (Lipinski definition) is 2. The summed E-state index contributed by atoms with van der Waals surface area (Å²) in [6, 6.07) is 9.07. The Balaban J connectivity index is 1.50. The third kappa shape index (κ3) is 3.71. The Morgan fingerprint density at radius 3 is 2.82 bits per heavy atom. The standard InChI is InChI=1S/C21H23N3O4/c1-13-4-7-17(19(25)22-13)21(27)24-9-8-14-5-6-16(11-15(14)12-24)23-20(26)18-3-2-10-28-18/h4-7,11,18H,2-3,8-10,12H2,1H3,(H,22,25)(H,23,26)/t18-/m1/s1. The number of aryl methyl sites for hydroxylation is 1. The highest BCUT2D eigenvalue weighted by molar-refractivity contribution is 5.95. The number of nitrogens with zero attached hydrogens (tertiary/aromatic N) is 1. The number of rotatable bonds is 3. The highest BCUT2D eigenvalue weighted by Gasteiger charge is 2.26. The Kier molecular flexibility index (Phi) is 5.00. The average molecular weight is 381 g/mol. The lowest BCUT2D eigenvalue weighted by Crippen LogP contribution is -2.38. The van der Waals surface area contributed by atoms with Gasteiger partial charge in [0.2, 0.25) is 0 Å². The second kappa shape index (κ2) is 7.59. The van der Waals surface area contributed by atoms with Crippen molar-refractivity contribution < 1.29 is 14.3 Å². The second-order valence-electron chi connectivity index (χ2n) is 7.34. The molecule has 146 valence electrons. The molecule has 0 radical (unpaired) electrons. The molecule has 1 aromatic heterocycles. The summed E-state index contributed by atoms with van der Waals surface area (Å²) < 4.78 is 5.42. The fraction of sp³-hybridized carbons (Fsp3) is 0.381. The predicted molar refractivity (Wildman–Crippen MR) is 104 cm³/mol. The number of aromatic nitrogens is 1. The van der Waals surface area contributed by atoms with Crippen LogP contribution in [0.4, 0.5) is 5.69 Å². The van der Waals surface area contributed by atoms with E-state index in [9.17, 15) is 14.4 Å². The summed E-state index contributed by atoms with van der Waals surface area (Å²) >= 11 is 0. The van der Waals surface area contributed by atoms with Gasteiger partial charge in [0.15, 0.2) is 0 Å². The molecule has 1 fully saturated rings. The van der Waals surface area contributed by atoms with Crippen molar-refractivity contribution >= 4 is 17.5 Å². The first-order chi connectivity index (χ1) is 13.5. The van der Waals surface area contributed by atoms with Crippen LogP contribution in [0.1, 0.15) is 40.0 Å². The van der Waals surface area contributed by atoms with E-state index in [1.54, 1.807) is 24.0 Å². The summed E-state index contributed by atoms with van der Waals surface area (Å²) in [4.78, 5) is 41.5. The third-order valence-corrected chi connectivity index (χ3v) is 5.28. The van der Waals surface area contributed by atoms with Gasteiger partial charge in [-0.25, -0.2) is 0 Å². The summed E-state index contributed by atoms with van der Waals surface area (Å²) in [6.45, 7) is 3.36. The van der Waals surface area contributed by atoms with Crippen LogP contribution in [0.3, 0.4) is 0 Å². The maximum absolute atomic E-state index is 12.8. The van der Waals surface area contributed by atoms with E-state index in [2.05, 4.69) is 10.3 Å².